The number of nitrogens with zero attached hydrogens (tertiary/aromatic N) is 3. The highest BCUT2D eigenvalue weighted by molar-refractivity contribution is 9.10. The number of allylic oxidation sites excluding steroid dienone is 1. The lowest BCUT2D eigenvalue weighted by Crippen LogP contribution is -2.31. The Morgan fingerprint density at radius 2 is 1.85 bits per heavy atom. The lowest BCUT2D eigenvalue weighted by Gasteiger charge is -2.28. The van der Waals surface area contributed by atoms with Gasteiger partial charge in [0.05, 0.1) is 30.3 Å². The molecule has 5 nitrogen and oxygen atoms in total. The fourth-order valence-electron chi connectivity index (χ4n) is 3.25. The summed E-state index contributed by atoms with van der Waals surface area (Å²) in [5, 5.41) is 13.4. The van der Waals surface area contributed by atoms with E-state index in [1.54, 1.807) is 17.0 Å². The van der Waals surface area contributed by atoms with E-state index in [0.717, 1.165) is 10.0 Å². The van der Waals surface area contributed by atoms with Crippen molar-refractivity contribution in [3.05, 3.63) is 46.1 Å². The van der Waals surface area contributed by atoms with Crippen LogP contribution in [0.5, 0.6) is 0 Å². The lowest BCUT2D eigenvalue weighted by atomic mass is 9.74. The molecular weight excluding hydrogens is 406 g/mol. The minimum atomic E-state index is -0.295. The van der Waals surface area contributed by atoms with Crippen molar-refractivity contribution in [3.8, 4) is 17.3 Å². The average Bonchev–Trinajstić information content (AvgIpc) is 2.99. The molecular formula is C21H20BrN3O2. The first-order valence-electron chi connectivity index (χ1n) is 8.77. The van der Waals surface area contributed by atoms with E-state index in [1.807, 2.05) is 38.1 Å². The Labute approximate surface area is 166 Å². The standard InChI is InChI=1S/C21H20BrN3O2/c1-21(2)11-18(26)17(19(27)12-21)10-15-13-25(9-3-8-23)24-20(15)14-4-6-16(22)7-5-14/h4-7,10,13H,3,9,11-12H2,1-2H3. The number of aromatic nitrogens is 2. The Morgan fingerprint density at radius 1 is 1.22 bits per heavy atom. The number of carbonyl (C=O) groups excluding carboxylic acids is 2. The summed E-state index contributed by atoms with van der Waals surface area (Å²) in [6.45, 7) is 4.33. The van der Waals surface area contributed by atoms with Crippen molar-refractivity contribution < 1.29 is 9.59 Å². The Kier molecular flexibility index (Phi) is 5.43. The van der Waals surface area contributed by atoms with Crippen molar-refractivity contribution >= 4 is 33.6 Å². The molecule has 138 valence electrons. The zero-order valence-corrected chi connectivity index (χ0v) is 16.9. The molecule has 1 aliphatic rings. The molecule has 6 heteroatoms. The molecule has 0 amide bonds. The Balaban J connectivity index is 2.04. The minimum Gasteiger partial charge on any atom is -0.294 e. The van der Waals surface area contributed by atoms with Gasteiger partial charge in [0.25, 0.3) is 0 Å². The summed E-state index contributed by atoms with van der Waals surface area (Å²) < 4.78 is 2.64. The molecule has 2 aromatic rings. The van der Waals surface area contributed by atoms with Gasteiger partial charge in [0.2, 0.25) is 0 Å². The molecule has 1 saturated carbocycles. The SMILES string of the molecule is CC1(C)CC(=O)C(=Cc2cn(CCC#N)nc2-c2ccc(Br)cc2)C(=O)C1. The van der Waals surface area contributed by atoms with Gasteiger partial charge in [-0.3, -0.25) is 14.3 Å². The number of carbonyl (C=O) groups is 2. The van der Waals surface area contributed by atoms with Gasteiger partial charge >= 0.3 is 0 Å². The van der Waals surface area contributed by atoms with Crippen molar-refractivity contribution in [1.29, 1.82) is 5.26 Å². The maximum Gasteiger partial charge on any atom is 0.167 e. The number of aryl methyl sites for hydroxylation is 1. The quantitative estimate of drug-likeness (QED) is 0.530. The summed E-state index contributed by atoms with van der Waals surface area (Å²) >= 11 is 3.42. The highest BCUT2D eigenvalue weighted by Gasteiger charge is 2.35. The fourth-order valence-corrected chi connectivity index (χ4v) is 3.51. The van der Waals surface area contributed by atoms with Crippen LogP contribution in [0.1, 0.15) is 38.7 Å². The second kappa shape index (κ2) is 7.61. The van der Waals surface area contributed by atoms with Crippen molar-refractivity contribution in [1.82, 2.24) is 9.78 Å². The molecule has 0 aliphatic heterocycles. The maximum atomic E-state index is 12.5. The summed E-state index contributed by atoms with van der Waals surface area (Å²) in [6, 6.07) is 9.79. The summed E-state index contributed by atoms with van der Waals surface area (Å²) in [4.78, 5) is 25.1. The molecule has 1 aliphatic carbocycles. The van der Waals surface area contributed by atoms with Crippen LogP contribution in [-0.4, -0.2) is 21.3 Å². The van der Waals surface area contributed by atoms with Gasteiger partial charge in [0, 0.05) is 34.6 Å². The number of rotatable bonds is 4. The second-order valence-electron chi connectivity index (χ2n) is 7.53. The lowest BCUT2D eigenvalue weighted by molar-refractivity contribution is -0.127. The first-order chi connectivity index (χ1) is 12.8. The van der Waals surface area contributed by atoms with Crippen molar-refractivity contribution in [2.75, 3.05) is 0 Å². The van der Waals surface area contributed by atoms with Crippen LogP contribution < -0.4 is 0 Å². The smallest absolute Gasteiger partial charge is 0.167 e. The van der Waals surface area contributed by atoms with Crippen LogP contribution in [0, 0.1) is 16.7 Å². The van der Waals surface area contributed by atoms with E-state index in [2.05, 4.69) is 27.1 Å². The number of halogens is 1. The fraction of sp³-hybridized carbons (Fsp3) is 0.333. The van der Waals surface area contributed by atoms with E-state index in [0.29, 0.717) is 37.1 Å². The van der Waals surface area contributed by atoms with Gasteiger partial charge in [-0.1, -0.05) is 41.9 Å². The van der Waals surface area contributed by atoms with Crippen molar-refractivity contribution in [2.45, 2.75) is 39.7 Å². The van der Waals surface area contributed by atoms with Gasteiger partial charge in [-0.15, -0.1) is 0 Å². The Bertz CT molecular complexity index is 940. The molecule has 3 rings (SSSR count). The first-order valence-corrected chi connectivity index (χ1v) is 9.57. The summed E-state index contributed by atoms with van der Waals surface area (Å²) in [5.41, 5.74) is 2.24. The molecule has 0 bridgehead atoms. The second-order valence-corrected chi connectivity index (χ2v) is 8.45. The van der Waals surface area contributed by atoms with Crippen LogP contribution in [0.3, 0.4) is 0 Å². The first kappa shape index (κ1) is 19.2. The zero-order valence-electron chi connectivity index (χ0n) is 15.3. The molecule has 1 heterocycles. The number of Topliss-reactive ketones (excluding diaryl/α,β-unsaturated/α-hetero) is 2. The van der Waals surface area contributed by atoms with Crippen molar-refractivity contribution in [2.24, 2.45) is 5.41 Å². The largest absolute Gasteiger partial charge is 0.294 e. The molecule has 0 N–H and O–H groups in total. The zero-order chi connectivity index (χ0) is 19.6. The molecule has 1 aromatic carbocycles. The van der Waals surface area contributed by atoms with Crippen LogP contribution in [-0.2, 0) is 16.1 Å². The molecule has 0 saturated heterocycles. The maximum absolute atomic E-state index is 12.5. The summed E-state index contributed by atoms with van der Waals surface area (Å²) in [5.74, 6) is -0.245. The van der Waals surface area contributed by atoms with Gasteiger partial charge in [0.15, 0.2) is 11.6 Å². The molecule has 1 fully saturated rings. The molecule has 27 heavy (non-hydrogen) atoms. The molecule has 0 unspecified atom stereocenters. The number of ketones is 2. The van der Waals surface area contributed by atoms with Gasteiger partial charge in [0.1, 0.15) is 0 Å². The highest BCUT2D eigenvalue weighted by atomic mass is 79.9. The van der Waals surface area contributed by atoms with Gasteiger partial charge in [-0.25, -0.2) is 0 Å². The molecule has 0 radical (unpaired) electrons. The van der Waals surface area contributed by atoms with E-state index >= 15 is 0 Å². The third kappa shape index (κ3) is 4.42. The normalized spacial score (nSPS) is 16.3. The highest BCUT2D eigenvalue weighted by Crippen LogP contribution is 2.35. The summed E-state index contributed by atoms with van der Waals surface area (Å²) in [7, 11) is 0. The van der Waals surface area contributed by atoms with Crippen molar-refractivity contribution in [3.63, 3.8) is 0 Å². The number of hydrogen-bond acceptors (Lipinski definition) is 4. The van der Waals surface area contributed by atoms with Crippen LogP contribution in [0.4, 0.5) is 0 Å². The predicted molar refractivity (Wildman–Crippen MR) is 107 cm³/mol. The molecule has 1 aromatic heterocycles. The summed E-state index contributed by atoms with van der Waals surface area (Å²) in [6.07, 6.45) is 4.51. The van der Waals surface area contributed by atoms with Gasteiger partial charge in [-0.2, -0.15) is 10.4 Å². The molecule has 0 atom stereocenters. The third-order valence-electron chi connectivity index (χ3n) is 4.54. The van der Waals surface area contributed by atoms with E-state index in [4.69, 9.17) is 5.26 Å². The van der Waals surface area contributed by atoms with Gasteiger partial charge in [-0.05, 0) is 23.6 Å². The van der Waals surface area contributed by atoms with Gasteiger partial charge < -0.3 is 0 Å². The minimum absolute atomic E-state index is 0.122. The van der Waals surface area contributed by atoms with Crippen LogP contribution in [0.25, 0.3) is 17.3 Å². The Morgan fingerprint density at radius 3 is 2.44 bits per heavy atom. The topological polar surface area (TPSA) is 75.8 Å². The van der Waals surface area contributed by atoms with Crippen LogP contribution in [0.2, 0.25) is 0 Å². The number of nitriles is 1. The molecule has 0 spiro atoms. The third-order valence-corrected chi connectivity index (χ3v) is 5.07. The predicted octanol–water partition coefficient (Wildman–Crippen LogP) is 4.57. The number of hydrogen-bond donors (Lipinski definition) is 0. The average molecular weight is 426 g/mol. The van der Waals surface area contributed by atoms with E-state index in [-0.39, 0.29) is 22.6 Å². The Hall–Kier alpha value is -2.52. The van der Waals surface area contributed by atoms with Crippen LogP contribution in [0.15, 0.2) is 40.5 Å². The van der Waals surface area contributed by atoms with E-state index < -0.39 is 0 Å². The van der Waals surface area contributed by atoms with E-state index in [9.17, 15) is 9.59 Å². The monoisotopic (exact) mass is 425 g/mol. The van der Waals surface area contributed by atoms with Crippen LogP contribution >= 0.6 is 15.9 Å². The number of benzene rings is 1. The van der Waals surface area contributed by atoms with E-state index in [1.165, 1.54) is 0 Å².